The fourth-order valence-corrected chi connectivity index (χ4v) is 1.91. The summed E-state index contributed by atoms with van der Waals surface area (Å²) in [6.07, 6.45) is 3.67. The first-order valence-electron chi connectivity index (χ1n) is 6.95. The molecule has 0 heterocycles. The molecule has 0 aliphatic heterocycles. The Bertz CT molecular complexity index is 336. The van der Waals surface area contributed by atoms with Crippen molar-refractivity contribution in [2.24, 2.45) is 0 Å². The molecule has 0 aliphatic rings. The van der Waals surface area contributed by atoms with E-state index in [0.717, 1.165) is 6.42 Å². The summed E-state index contributed by atoms with van der Waals surface area (Å²) >= 11 is 0. The van der Waals surface area contributed by atoms with Crippen molar-refractivity contribution < 1.29 is 9.47 Å². The van der Waals surface area contributed by atoms with Crippen LogP contribution in [0.15, 0.2) is 24.3 Å². The predicted octanol–water partition coefficient (Wildman–Crippen LogP) is 4.45. The Hall–Kier alpha value is -0.860. The number of hydrogen-bond donors (Lipinski definition) is 0. The van der Waals surface area contributed by atoms with Gasteiger partial charge < -0.3 is 9.47 Å². The Balaban J connectivity index is 2.28. The molecule has 102 valence electrons. The third-order valence-electron chi connectivity index (χ3n) is 3.12. The Morgan fingerprint density at radius 3 is 2.56 bits per heavy atom. The van der Waals surface area contributed by atoms with Gasteiger partial charge in [-0.1, -0.05) is 44.0 Å². The van der Waals surface area contributed by atoms with Crippen LogP contribution in [-0.2, 0) is 16.1 Å². The maximum atomic E-state index is 5.79. The molecule has 2 atom stereocenters. The van der Waals surface area contributed by atoms with Crippen LogP contribution in [0.25, 0.3) is 0 Å². The van der Waals surface area contributed by atoms with Crippen molar-refractivity contribution in [3.63, 3.8) is 0 Å². The molecule has 0 radical (unpaired) electrons. The monoisotopic (exact) mass is 250 g/mol. The van der Waals surface area contributed by atoms with Gasteiger partial charge in [0.25, 0.3) is 0 Å². The number of hydrogen-bond acceptors (Lipinski definition) is 2. The van der Waals surface area contributed by atoms with Gasteiger partial charge in [-0.15, -0.1) is 0 Å². The zero-order valence-corrected chi connectivity index (χ0v) is 12.1. The molecule has 2 unspecified atom stereocenters. The van der Waals surface area contributed by atoms with Gasteiger partial charge in [0.15, 0.2) is 6.29 Å². The highest BCUT2D eigenvalue weighted by Gasteiger charge is 2.09. The van der Waals surface area contributed by atoms with E-state index < -0.39 is 0 Å². The van der Waals surface area contributed by atoms with Gasteiger partial charge in [-0.05, 0) is 38.3 Å². The van der Waals surface area contributed by atoms with Crippen LogP contribution in [0.4, 0.5) is 0 Å². The lowest BCUT2D eigenvalue weighted by Gasteiger charge is -2.19. The van der Waals surface area contributed by atoms with E-state index in [1.54, 1.807) is 0 Å². The van der Waals surface area contributed by atoms with Crippen LogP contribution < -0.4 is 0 Å². The van der Waals surface area contributed by atoms with Gasteiger partial charge >= 0.3 is 0 Å². The second kappa shape index (κ2) is 8.28. The first-order chi connectivity index (χ1) is 8.63. The van der Waals surface area contributed by atoms with E-state index >= 15 is 0 Å². The van der Waals surface area contributed by atoms with Gasteiger partial charge in [0.2, 0.25) is 0 Å². The lowest BCUT2D eigenvalue weighted by molar-refractivity contribution is -0.163. The Morgan fingerprint density at radius 1 is 1.17 bits per heavy atom. The zero-order chi connectivity index (χ0) is 13.4. The maximum absolute atomic E-state index is 5.79. The molecule has 0 bridgehead atoms. The molecule has 2 nitrogen and oxygen atoms in total. The summed E-state index contributed by atoms with van der Waals surface area (Å²) in [5.74, 6) is 0. The molecule has 0 spiro atoms. The molecule has 0 aliphatic carbocycles. The minimum absolute atomic E-state index is 0.142. The molecule has 0 saturated heterocycles. The number of benzene rings is 1. The second-order valence-electron chi connectivity index (χ2n) is 4.89. The Morgan fingerprint density at radius 2 is 1.89 bits per heavy atom. The number of aryl methyl sites for hydroxylation is 1. The molecule has 1 aromatic carbocycles. The lowest BCUT2D eigenvalue weighted by Crippen LogP contribution is -2.20. The number of rotatable bonds is 8. The maximum Gasteiger partial charge on any atom is 0.155 e. The summed E-state index contributed by atoms with van der Waals surface area (Å²) < 4.78 is 11.5. The van der Waals surface area contributed by atoms with Gasteiger partial charge in [-0.3, -0.25) is 0 Å². The van der Waals surface area contributed by atoms with E-state index in [0.29, 0.717) is 6.61 Å². The molecule has 0 amide bonds. The summed E-state index contributed by atoms with van der Waals surface area (Å²) in [5.41, 5.74) is 2.50. The fraction of sp³-hybridized carbons (Fsp3) is 0.625. The minimum Gasteiger partial charge on any atom is -0.350 e. The van der Waals surface area contributed by atoms with E-state index in [1.807, 2.05) is 19.1 Å². The second-order valence-corrected chi connectivity index (χ2v) is 4.89. The van der Waals surface area contributed by atoms with Crippen molar-refractivity contribution in [1.29, 1.82) is 0 Å². The van der Waals surface area contributed by atoms with Crippen molar-refractivity contribution in [3.8, 4) is 0 Å². The van der Waals surface area contributed by atoms with Gasteiger partial charge in [0, 0.05) is 0 Å². The average molecular weight is 250 g/mol. The quantitative estimate of drug-likeness (QED) is 0.634. The largest absolute Gasteiger partial charge is 0.350 e. The molecule has 2 heteroatoms. The summed E-state index contributed by atoms with van der Waals surface area (Å²) in [6.45, 7) is 9.01. The molecule has 0 N–H and O–H groups in total. The average Bonchev–Trinajstić information content (AvgIpc) is 2.35. The van der Waals surface area contributed by atoms with E-state index in [4.69, 9.17) is 9.47 Å². The summed E-state index contributed by atoms with van der Waals surface area (Å²) in [7, 11) is 0. The fourth-order valence-electron chi connectivity index (χ4n) is 1.91. The third kappa shape index (κ3) is 5.65. The molecule has 0 aromatic heterocycles. The topological polar surface area (TPSA) is 18.5 Å². The van der Waals surface area contributed by atoms with Crippen LogP contribution in [0.5, 0.6) is 0 Å². The molecular weight excluding hydrogens is 224 g/mol. The van der Waals surface area contributed by atoms with Crippen molar-refractivity contribution in [3.05, 3.63) is 35.4 Å². The molecule has 1 rings (SSSR count). The lowest BCUT2D eigenvalue weighted by atomic mass is 10.1. The van der Waals surface area contributed by atoms with Gasteiger partial charge in [-0.25, -0.2) is 0 Å². The smallest absolute Gasteiger partial charge is 0.155 e. The normalized spacial score (nSPS) is 14.4. The number of unbranched alkanes of at least 4 members (excludes halogenated alkanes) is 1. The van der Waals surface area contributed by atoms with Crippen molar-refractivity contribution in [2.45, 2.75) is 66.0 Å². The predicted molar refractivity (Wildman–Crippen MR) is 75.5 cm³/mol. The van der Waals surface area contributed by atoms with E-state index in [9.17, 15) is 0 Å². The molecule has 0 saturated carbocycles. The Kier molecular flexibility index (Phi) is 6.99. The highest BCUT2D eigenvalue weighted by molar-refractivity contribution is 5.24. The molecule has 0 fully saturated rings. The van der Waals surface area contributed by atoms with Crippen LogP contribution in [0, 0.1) is 6.92 Å². The van der Waals surface area contributed by atoms with Crippen molar-refractivity contribution in [2.75, 3.05) is 0 Å². The SMILES string of the molecule is CCCCC(C)OC(C)OCc1ccccc1C. The van der Waals surface area contributed by atoms with E-state index in [1.165, 1.54) is 24.0 Å². The molecular formula is C16H26O2. The van der Waals surface area contributed by atoms with Crippen molar-refractivity contribution >= 4 is 0 Å². The molecule has 1 aromatic rings. The summed E-state index contributed by atoms with van der Waals surface area (Å²) in [4.78, 5) is 0. The van der Waals surface area contributed by atoms with Crippen molar-refractivity contribution in [1.82, 2.24) is 0 Å². The van der Waals surface area contributed by atoms with Crippen LogP contribution in [0.2, 0.25) is 0 Å². The van der Waals surface area contributed by atoms with Crippen LogP contribution in [-0.4, -0.2) is 12.4 Å². The first-order valence-corrected chi connectivity index (χ1v) is 6.95. The van der Waals surface area contributed by atoms with E-state index in [2.05, 4.69) is 32.9 Å². The van der Waals surface area contributed by atoms with E-state index in [-0.39, 0.29) is 12.4 Å². The van der Waals surface area contributed by atoms with Gasteiger partial charge in [0.05, 0.1) is 12.7 Å². The highest BCUT2D eigenvalue weighted by atomic mass is 16.7. The van der Waals surface area contributed by atoms with Crippen LogP contribution >= 0.6 is 0 Å². The third-order valence-corrected chi connectivity index (χ3v) is 3.12. The van der Waals surface area contributed by atoms with Crippen LogP contribution in [0.1, 0.15) is 51.2 Å². The minimum atomic E-state index is -0.142. The Labute approximate surface area is 111 Å². The molecule has 18 heavy (non-hydrogen) atoms. The standard InChI is InChI=1S/C16H26O2/c1-5-6-10-14(3)18-15(4)17-12-16-11-8-7-9-13(16)2/h7-9,11,14-15H,5-6,10,12H2,1-4H3. The number of ether oxygens (including phenoxy) is 2. The highest BCUT2D eigenvalue weighted by Crippen LogP contribution is 2.12. The zero-order valence-electron chi connectivity index (χ0n) is 12.1. The summed E-state index contributed by atoms with van der Waals surface area (Å²) in [6, 6.07) is 8.29. The van der Waals surface area contributed by atoms with Gasteiger partial charge in [-0.2, -0.15) is 0 Å². The van der Waals surface area contributed by atoms with Crippen LogP contribution in [0.3, 0.4) is 0 Å². The summed E-state index contributed by atoms with van der Waals surface area (Å²) in [5, 5.41) is 0. The first kappa shape index (κ1) is 15.2. The van der Waals surface area contributed by atoms with Gasteiger partial charge in [0.1, 0.15) is 0 Å².